The van der Waals surface area contributed by atoms with Gasteiger partial charge in [-0.05, 0) is 59.6 Å². The van der Waals surface area contributed by atoms with Crippen molar-refractivity contribution in [2.75, 3.05) is 43.9 Å². The van der Waals surface area contributed by atoms with Gasteiger partial charge in [0.2, 0.25) is 5.95 Å². The van der Waals surface area contributed by atoms with Crippen molar-refractivity contribution in [3.05, 3.63) is 18.0 Å². The molecule has 31 heavy (non-hydrogen) atoms. The topological polar surface area (TPSA) is 89.4 Å². The van der Waals surface area contributed by atoms with Gasteiger partial charge in [-0.25, -0.2) is 15.0 Å². The third kappa shape index (κ3) is 5.42. The number of aliphatic hydroxyl groups excluding tert-OH is 1. The van der Waals surface area contributed by atoms with Crippen molar-refractivity contribution in [3.63, 3.8) is 0 Å². The summed E-state index contributed by atoms with van der Waals surface area (Å²) in [6.45, 7) is 10.6. The second kappa shape index (κ2) is 9.63. The van der Waals surface area contributed by atoms with Crippen molar-refractivity contribution in [1.82, 2.24) is 24.8 Å². The SMILES string of the molecule is CC(C)Nc1nc([C@@H](C)O)cc2cnc(NC3CCC(N4CCN(C)CC4)CC3)nc12. The predicted molar refractivity (Wildman–Crippen MR) is 125 cm³/mol. The number of aromatic nitrogens is 3. The van der Waals surface area contributed by atoms with Crippen LogP contribution in [0.1, 0.15) is 58.3 Å². The van der Waals surface area contributed by atoms with E-state index in [4.69, 9.17) is 4.98 Å². The lowest BCUT2D eigenvalue weighted by atomic mass is 9.90. The average molecular weight is 428 g/mol. The first-order valence-electron chi connectivity index (χ1n) is 11.7. The van der Waals surface area contributed by atoms with Crippen molar-refractivity contribution in [2.24, 2.45) is 0 Å². The summed E-state index contributed by atoms with van der Waals surface area (Å²) in [5.74, 6) is 1.36. The van der Waals surface area contributed by atoms with Crippen LogP contribution in [0.5, 0.6) is 0 Å². The summed E-state index contributed by atoms with van der Waals surface area (Å²) in [4.78, 5) is 19.1. The zero-order valence-corrected chi connectivity index (χ0v) is 19.3. The Kier molecular flexibility index (Phi) is 6.89. The molecule has 170 valence electrons. The molecule has 0 unspecified atom stereocenters. The van der Waals surface area contributed by atoms with E-state index in [2.05, 4.69) is 51.3 Å². The largest absolute Gasteiger partial charge is 0.387 e. The minimum Gasteiger partial charge on any atom is -0.387 e. The van der Waals surface area contributed by atoms with Crippen molar-refractivity contribution in [1.29, 1.82) is 0 Å². The van der Waals surface area contributed by atoms with E-state index in [1.165, 1.54) is 39.0 Å². The van der Waals surface area contributed by atoms with E-state index in [-0.39, 0.29) is 6.04 Å². The van der Waals surface area contributed by atoms with Gasteiger partial charge in [-0.1, -0.05) is 0 Å². The highest BCUT2D eigenvalue weighted by molar-refractivity contribution is 5.89. The Morgan fingerprint density at radius 2 is 1.74 bits per heavy atom. The molecular formula is C23H37N7O. The molecule has 1 saturated carbocycles. The van der Waals surface area contributed by atoms with Crippen LogP contribution < -0.4 is 10.6 Å². The molecule has 1 atom stereocenters. The summed E-state index contributed by atoms with van der Waals surface area (Å²) in [6, 6.07) is 3.22. The molecule has 3 heterocycles. The minimum absolute atomic E-state index is 0.219. The van der Waals surface area contributed by atoms with Gasteiger partial charge in [-0.3, -0.25) is 4.90 Å². The molecule has 2 aromatic heterocycles. The van der Waals surface area contributed by atoms with E-state index in [0.29, 0.717) is 29.5 Å². The summed E-state index contributed by atoms with van der Waals surface area (Å²) >= 11 is 0. The molecule has 0 amide bonds. The summed E-state index contributed by atoms with van der Waals surface area (Å²) in [5.41, 5.74) is 1.42. The van der Waals surface area contributed by atoms with E-state index in [0.717, 1.165) is 23.7 Å². The summed E-state index contributed by atoms with van der Waals surface area (Å²) < 4.78 is 0. The molecule has 2 aromatic rings. The van der Waals surface area contributed by atoms with Crippen LogP contribution in [0.15, 0.2) is 12.3 Å². The van der Waals surface area contributed by atoms with Crippen LogP contribution in [0.4, 0.5) is 11.8 Å². The first-order valence-corrected chi connectivity index (χ1v) is 11.7. The van der Waals surface area contributed by atoms with Crippen molar-refractivity contribution in [3.8, 4) is 0 Å². The average Bonchev–Trinajstić information content (AvgIpc) is 2.74. The second-order valence-electron chi connectivity index (χ2n) is 9.49. The molecule has 0 aromatic carbocycles. The molecule has 0 bridgehead atoms. The number of fused-ring (bicyclic) bond motifs is 1. The molecule has 3 N–H and O–H groups in total. The number of anilines is 2. The van der Waals surface area contributed by atoms with Gasteiger partial charge in [0, 0.05) is 55.9 Å². The van der Waals surface area contributed by atoms with Crippen LogP contribution in [0.25, 0.3) is 10.9 Å². The van der Waals surface area contributed by atoms with E-state index in [9.17, 15) is 5.11 Å². The number of hydrogen-bond acceptors (Lipinski definition) is 8. The number of nitrogens with zero attached hydrogens (tertiary/aromatic N) is 5. The first-order chi connectivity index (χ1) is 14.9. The third-order valence-corrected chi connectivity index (χ3v) is 6.52. The highest BCUT2D eigenvalue weighted by atomic mass is 16.3. The maximum Gasteiger partial charge on any atom is 0.223 e. The number of nitrogens with one attached hydrogen (secondary N) is 2. The van der Waals surface area contributed by atoms with Gasteiger partial charge in [0.1, 0.15) is 5.52 Å². The summed E-state index contributed by atoms with van der Waals surface area (Å²) in [6.07, 6.45) is 5.96. The lowest BCUT2D eigenvalue weighted by Crippen LogP contribution is -2.50. The Bertz CT molecular complexity index is 872. The van der Waals surface area contributed by atoms with E-state index in [1.54, 1.807) is 6.92 Å². The Labute approximate surface area is 185 Å². The summed E-state index contributed by atoms with van der Waals surface area (Å²) in [7, 11) is 2.21. The molecule has 8 heteroatoms. The Morgan fingerprint density at radius 3 is 2.39 bits per heavy atom. The smallest absolute Gasteiger partial charge is 0.223 e. The monoisotopic (exact) mass is 427 g/mol. The van der Waals surface area contributed by atoms with Crippen LogP contribution in [0.3, 0.4) is 0 Å². The molecule has 1 aliphatic heterocycles. The molecular weight excluding hydrogens is 390 g/mol. The lowest BCUT2D eigenvalue weighted by molar-refractivity contribution is 0.0894. The van der Waals surface area contributed by atoms with Crippen LogP contribution >= 0.6 is 0 Å². The van der Waals surface area contributed by atoms with Gasteiger partial charge >= 0.3 is 0 Å². The summed E-state index contributed by atoms with van der Waals surface area (Å²) in [5, 5.41) is 17.8. The second-order valence-corrected chi connectivity index (χ2v) is 9.49. The van der Waals surface area contributed by atoms with Gasteiger partial charge in [-0.15, -0.1) is 0 Å². The van der Waals surface area contributed by atoms with Crippen molar-refractivity contribution < 1.29 is 5.11 Å². The number of aliphatic hydroxyl groups is 1. The highest BCUT2D eigenvalue weighted by Gasteiger charge is 2.28. The number of likely N-dealkylation sites (N-methyl/N-ethyl adjacent to an activating group) is 1. The van der Waals surface area contributed by atoms with Crippen LogP contribution in [-0.2, 0) is 0 Å². The quantitative estimate of drug-likeness (QED) is 0.648. The maximum absolute atomic E-state index is 9.99. The number of piperazine rings is 1. The van der Waals surface area contributed by atoms with Crippen molar-refractivity contribution in [2.45, 2.75) is 70.7 Å². The zero-order chi connectivity index (χ0) is 22.0. The van der Waals surface area contributed by atoms with Gasteiger partial charge < -0.3 is 20.6 Å². The van der Waals surface area contributed by atoms with E-state index in [1.807, 2.05) is 12.3 Å². The number of pyridine rings is 1. The molecule has 0 radical (unpaired) electrons. The fourth-order valence-electron chi connectivity index (χ4n) is 4.67. The zero-order valence-electron chi connectivity index (χ0n) is 19.3. The molecule has 4 rings (SSSR count). The minimum atomic E-state index is -0.634. The molecule has 1 saturated heterocycles. The fourth-order valence-corrected chi connectivity index (χ4v) is 4.67. The highest BCUT2D eigenvalue weighted by Crippen LogP contribution is 2.28. The number of rotatable bonds is 6. The van der Waals surface area contributed by atoms with Gasteiger partial charge in [-0.2, -0.15) is 0 Å². The van der Waals surface area contributed by atoms with Gasteiger partial charge in [0.15, 0.2) is 5.82 Å². The van der Waals surface area contributed by atoms with Gasteiger partial charge in [0.05, 0.1) is 11.8 Å². The fraction of sp³-hybridized carbons (Fsp3) is 0.696. The lowest BCUT2D eigenvalue weighted by Gasteiger charge is -2.41. The molecule has 8 nitrogen and oxygen atoms in total. The standard InChI is InChI=1S/C23H37N7O/c1-15(2)25-22-21-17(13-20(27-22)16(3)31)14-24-23(28-21)26-18-5-7-19(8-6-18)30-11-9-29(4)10-12-30/h13-16,18-19,31H,5-12H2,1-4H3,(H,25,27)(H,24,26,28)/t16-,18?,19?/m1/s1. The van der Waals surface area contributed by atoms with Crippen LogP contribution in [-0.4, -0.2) is 81.2 Å². The predicted octanol–water partition coefficient (Wildman–Crippen LogP) is 2.87. The Balaban J connectivity index is 1.43. The van der Waals surface area contributed by atoms with E-state index >= 15 is 0 Å². The number of hydrogen-bond donors (Lipinski definition) is 3. The molecule has 2 aliphatic rings. The van der Waals surface area contributed by atoms with Crippen molar-refractivity contribution >= 4 is 22.7 Å². The molecule has 1 aliphatic carbocycles. The van der Waals surface area contributed by atoms with E-state index < -0.39 is 6.10 Å². The third-order valence-electron chi connectivity index (χ3n) is 6.52. The van der Waals surface area contributed by atoms with Crippen LogP contribution in [0, 0.1) is 0 Å². The van der Waals surface area contributed by atoms with Crippen LogP contribution in [0.2, 0.25) is 0 Å². The Morgan fingerprint density at radius 1 is 1.03 bits per heavy atom. The molecule has 2 fully saturated rings. The maximum atomic E-state index is 9.99. The normalized spacial score (nSPS) is 24.5. The molecule has 0 spiro atoms. The first kappa shape index (κ1) is 22.2. The van der Waals surface area contributed by atoms with Gasteiger partial charge in [0.25, 0.3) is 0 Å². The Hall–Kier alpha value is -2.03.